The molecule has 3 aromatic rings. The number of nitrogens with zero attached hydrogens (tertiary/aromatic N) is 2. The molecule has 3 rings (SSSR count). The fraction of sp³-hybridized carbons (Fsp3) is 0.238. The molecule has 2 N–H and O–H groups in total. The summed E-state index contributed by atoms with van der Waals surface area (Å²) in [6, 6.07) is 12.5. The number of halogens is 3. The van der Waals surface area contributed by atoms with E-state index in [9.17, 15) is 8.78 Å². The van der Waals surface area contributed by atoms with Crippen LogP contribution in [0.4, 0.5) is 20.2 Å². The fourth-order valence-corrected chi connectivity index (χ4v) is 3.42. The molecule has 1 aromatic heterocycles. The second kappa shape index (κ2) is 9.40. The molecule has 0 saturated carbocycles. The summed E-state index contributed by atoms with van der Waals surface area (Å²) in [7, 11) is 0. The number of alkyl halides is 2. The van der Waals surface area contributed by atoms with E-state index in [1.54, 1.807) is 19.1 Å². The van der Waals surface area contributed by atoms with E-state index in [4.69, 9.17) is 23.8 Å². The summed E-state index contributed by atoms with van der Waals surface area (Å²) in [4.78, 5) is 0. The van der Waals surface area contributed by atoms with Crippen LogP contribution in [0, 0.1) is 20.8 Å². The van der Waals surface area contributed by atoms with Crippen molar-refractivity contribution in [1.82, 2.24) is 9.78 Å². The molecular formula is C21H21ClF2N4OS. The van der Waals surface area contributed by atoms with Gasteiger partial charge in [-0.1, -0.05) is 35.9 Å². The van der Waals surface area contributed by atoms with Gasteiger partial charge in [0.25, 0.3) is 0 Å². The summed E-state index contributed by atoms with van der Waals surface area (Å²) < 4.78 is 31.9. The Hall–Kier alpha value is -2.71. The summed E-state index contributed by atoms with van der Waals surface area (Å²) >= 11 is 11.6. The minimum atomic E-state index is -2.93. The Bertz CT molecular complexity index is 1070. The van der Waals surface area contributed by atoms with E-state index < -0.39 is 6.61 Å². The van der Waals surface area contributed by atoms with E-state index in [-0.39, 0.29) is 10.9 Å². The summed E-state index contributed by atoms with van der Waals surface area (Å²) in [5.41, 5.74) is 4.44. The molecule has 158 valence electrons. The van der Waals surface area contributed by atoms with E-state index in [1.807, 2.05) is 42.8 Å². The molecule has 0 spiro atoms. The van der Waals surface area contributed by atoms with Crippen molar-refractivity contribution in [3.05, 3.63) is 70.0 Å². The highest BCUT2D eigenvalue weighted by molar-refractivity contribution is 7.80. The van der Waals surface area contributed by atoms with Crippen molar-refractivity contribution in [3.8, 4) is 5.75 Å². The van der Waals surface area contributed by atoms with E-state index in [0.29, 0.717) is 17.3 Å². The molecule has 0 atom stereocenters. The first kappa shape index (κ1) is 22.0. The van der Waals surface area contributed by atoms with Crippen LogP contribution in [0.25, 0.3) is 0 Å². The van der Waals surface area contributed by atoms with Crippen LogP contribution in [0.1, 0.15) is 22.5 Å². The molecule has 0 aliphatic carbocycles. The third-order valence-corrected chi connectivity index (χ3v) is 5.07. The Labute approximate surface area is 184 Å². The van der Waals surface area contributed by atoms with Gasteiger partial charge in [0.1, 0.15) is 5.75 Å². The van der Waals surface area contributed by atoms with Gasteiger partial charge in [-0.25, -0.2) is 0 Å². The first-order valence-electron chi connectivity index (χ1n) is 9.15. The minimum Gasteiger partial charge on any atom is -0.433 e. The number of aryl methyl sites for hydroxylation is 2. The first-order valence-corrected chi connectivity index (χ1v) is 9.94. The normalized spacial score (nSPS) is 10.9. The van der Waals surface area contributed by atoms with Gasteiger partial charge in [0.2, 0.25) is 0 Å². The lowest BCUT2D eigenvalue weighted by Gasteiger charge is -2.15. The minimum absolute atomic E-state index is 0.0250. The number of ether oxygens (including phenoxy) is 1. The van der Waals surface area contributed by atoms with Gasteiger partial charge in [-0.2, -0.15) is 13.9 Å². The predicted octanol–water partition coefficient (Wildman–Crippen LogP) is 5.92. The van der Waals surface area contributed by atoms with Crippen molar-refractivity contribution in [1.29, 1.82) is 0 Å². The van der Waals surface area contributed by atoms with Gasteiger partial charge in [-0.05, 0) is 62.3 Å². The fourth-order valence-electron chi connectivity index (χ4n) is 3.01. The second-order valence-electron chi connectivity index (χ2n) is 6.75. The zero-order chi connectivity index (χ0) is 21.8. The molecule has 0 bridgehead atoms. The van der Waals surface area contributed by atoms with Gasteiger partial charge in [0.05, 0.1) is 29.3 Å². The van der Waals surface area contributed by atoms with Crippen LogP contribution in [0.2, 0.25) is 5.02 Å². The molecule has 0 saturated heterocycles. The standard InChI is InChI=1S/C21H21ClF2N4OS/c1-12-8-9-17(18(10-12)29-20(23)24)25-21(30)26-19-13(2)27-28(14(19)3)11-15-6-4-5-7-16(15)22/h4-10,20H,11H2,1-3H3,(H2,25,26,30). The molecule has 0 radical (unpaired) electrons. The lowest BCUT2D eigenvalue weighted by molar-refractivity contribution is -0.0493. The van der Waals surface area contributed by atoms with E-state index >= 15 is 0 Å². The van der Waals surface area contributed by atoms with Crippen LogP contribution >= 0.6 is 23.8 Å². The van der Waals surface area contributed by atoms with E-state index in [1.165, 1.54) is 6.07 Å². The zero-order valence-corrected chi connectivity index (χ0v) is 18.2. The number of hydrogen-bond donors (Lipinski definition) is 2. The SMILES string of the molecule is Cc1ccc(NC(=S)Nc2c(C)nn(Cc3ccccc3Cl)c2C)c(OC(F)F)c1. The van der Waals surface area contributed by atoms with Crippen LogP contribution < -0.4 is 15.4 Å². The van der Waals surface area contributed by atoms with Gasteiger partial charge < -0.3 is 15.4 Å². The third kappa shape index (κ3) is 5.25. The molecule has 0 aliphatic heterocycles. The summed E-state index contributed by atoms with van der Waals surface area (Å²) in [5, 5.41) is 11.5. The maximum atomic E-state index is 12.7. The Morgan fingerprint density at radius 3 is 2.60 bits per heavy atom. The average molecular weight is 451 g/mol. The smallest absolute Gasteiger partial charge is 0.387 e. The van der Waals surface area contributed by atoms with Gasteiger partial charge >= 0.3 is 6.61 Å². The molecule has 0 aliphatic rings. The molecule has 2 aromatic carbocycles. The lowest BCUT2D eigenvalue weighted by atomic mass is 10.2. The van der Waals surface area contributed by atoms with Crippen LogP contribution in [-0.4, -0.2) is 21.5 Å². The van der Waals surface area contributed by atoms with Crippen molar-refractivity contribution in [2.75, 3.05) is 10.6 Å². The monoisotopic (exact) mass is 450 g/mol. The summed E-state index contributed by atoms with van der Waals surface area (Å²) in [5.74, 6) is 0.0250. The number of aromatic nitrogens is 2. The molecule has 0 unspecified atom stereocenters. The first-order chi connectivity index (χ1) is 14.2. The Morgan fingerprint density at radius 1 is 1.17 bits per heavy atom. The Morgan fingerprint density at radius 2 is 1.90 bits per heavy atom. The van der Waals surface area contributed by atoms with Crippen molar-refractivity contribution in [2.45, 2.75) is 33.9 Å². The highest BCUT2D eigenvalue weighted by atomic mass is 35.5. The van der Waals surface area contributed by atoms with Crippen LogP contribution in [-0.2, 0) is 6.54 Å². The molecule has 0 amide bonds. The number of anilines is 2. The highest BCUT2D eigenvalue weighted by Gasteiger charge is 2.16. The average Bonchev–Trinajstić information content (AvgIpc) is 2.93. The van der Waals surface area contributed by atoms with Gasteiger partial charge in [-0.3, -0.25) is 4.68 Å². The maximum absolute atomic E-state index is 12.7. The zero-order valence-electron chi connectivity index (χ0n) is 16.7. The number of rotatable bonds is 6. The molecular weight excluding hydrogens is 430 g/mol. The van der Waals surface area contributed by atoms with Gasteiger partial charge in [0.15, 0.2) is 5.11 Å². The lowest BCUT2D eigenvalue weighted by Crippen LogP contribution is -2.21. The van der Waals surface area contributed by atoms with Crippen molar-refractivity contribution >= 4 is 40.3 Å². The molecule has 30 heavy (non-hydrogen) atoms. The van der Waals surface area contributed by atoms with E-state index in [0.717, 1.165) is 28.2 Å². The second-order valence-corrected chi connectivity index (χ2v) is 7.57. The van der Waals surface area contributed by atoms with Crippen molar-refractivity contribution in [2.24, 2.45) is 0 Å². The summed E-state index contributed by atoms with van der Waals surface area (Å²) in [6.07, 6.45) is 0. The number of thiocarbonyl (C=S) groups is 1. The topological polar surface area (TPSA) is 51.1 Å². The molecule has 0 fully saturated rings. The third-order valence-electron chi connectivity index (χ3n) is 4.50. The van der Waals surface area contributed by atoms with Gasteiger partial charge in [-0.15, -0.1) is 0 Å². The number of benzene rings is 2. The highest BCUT2D eigenvalue weighted by Crippen LogP contribution is 2.28. The quantitative estimate of drug-likeness (QED) is 0.456. The van der Waals surface area contributed by atoms with Crippen molar-refractivity contribution < 1.29 is 13.5 Å². The van der Waals surface area contributed by atoms with Crippen LogP contribution in [0.15, 0.2) is 42.5 Å². The summed E-state index contributed by atoms with van der Waals surface area (Å²) in [6.45, 7) is 3.15. The van der Waals surface area contributed by atoms with E-state index in [2.05, 4.69) is 20.5 Å². The maximum Gasteiger partial charge on any atom is 0.387 e. The van der Waals surface area contributed by atoms with Crippen LogP contribution in [0.3, 0.4) is 0 Å². The predicted molar refractivity (Wildman–Crippen MR) is 120 cm³/mol. The molecule has 1 heterocycles. The molecule has 5 nitrogen and oxygen atoms in total. The number of nitrogens with one attached hydrogen (secondary N) is 2. The Balaban J connectivity index is 1.76. The van der Waals surface area contributed by atoms with Gasteiger partial charge in [0, 0.05) is 5.02 Å². The van der Waals surface area contributed by atoms with Crippen molar-refractivity contribution in [3.63, 3.8) is 0 Å². The number of hydrogen-bond acceptors (Lipinski definition) is 3. The largest absolute Gasteiger partial charge is 0.433 e. The van der Waals surface area contributed by atoms with Crippen LogP contribution in [0.5, 0.6) is 5.75 Å². The Kier molecular flexibility index (Phi) is 6.89. The molecule has 9 heteroatoms.